The van der Waals surface area contributed by atoms with Crippen LogP contribution in [-0.4, -0.2) is 32.9 Å². The van der Waals surface area contributed by atoms with Gasteiger partial charge in [0.05, 0.1) is 4.70 Å². The Morgan fingerprint density at radius 2 is 2.00 bits per heavy atom. The maximum atomic E-state index is 12.1. The second-order valence-corrected chi connectivity index (χ2v) is 5.74. The lowest BCUT2D eigenvalue weighted by Crippen LogP contribution is -2.27. The number of Topliss-reactive ketones (excluding diaryl/α,β-unsaturated/α-hetero) is 1. The Morgan fingerprint density at radius 3 is 2.73 bits per heavy atom. The lowest BCUT2D eigenvalue weighted by Gasteiger charge is -2.09. The molecule has 0 fully saturated rings. The molecular weight excluding hydrogens is 300 g/mol. The number of likely N-dealkylation sites (N-methyl/N-ethyl adjacent to an activating group) is 1. The number of carbonyl (C=O) groups excluding carboxylic acids is 2. The molecule has 0 aliphatic carbocycles. The Hall–Kier alpha value is -2.54. The molecular formula is C15H14N4O2S. The summed E-state index contributed by atoms with van der Waals surface area (Å²) in [5.74, 6) is -1.14. The van der Waals surface area contributed by atoms with Crippen LogP contribution < -0.4 is 5.32 Å². The number of carbonyl (C=O) groups is 2. The van der Waals surface area contributed by atoms with E-state index in [9.17, 15) is 9.59 Å². The van der Waals surface area contributed by atoms with Crippen LogP contribution in [0.5, 0.6) is 0 Å². The van der Waals surface area contributed by atoms with Gasteiger partial charge in [-0.15, -0.1) is 5.10 Å². The molecule has 7 heteroatoms. The molecule has 0 aliphatic heterocycles. The fourth-order valence-corrected chi connectivity index (χ4v) is 3.07. The molecule has 0 atom stereocenters. The number of nitrogens with zero attached hydrogens (tertiary/aromatic N) is 3. The van der Waals surface area contributed by atoms with Crippen molar-refractivity contribution in [3.8, 4) is 5.69 Å². The third-order valence-electron chi connectivity index (χ3n) is 3.60. The molecule has 0 saturated heterocycles. The quantitative estimate of drug-likeness (QED) is 0.593. The molecule has 6 nitrogen and oxygen atoms in total. The van der Waals surface area contributed by atoms with Crippen LogP contribution in [0.3, 0.4) is 0 Å². The average Bonchev–Trinajstić information content (AvgIpc) is 3.09. The van der Waals surface area contributed by atoms with Crippen molar-refractivity contribution in [2.75, 3.05) is 7.05 Å². The molecule has 0 unspecified atom stereocenters. The Morgan fingerprint density at radius 1 is 1.23 bits per heavy atom. The summed E-state index contributed by atoms with van der Waals surface area (Å²) in [4.78, 5) is 23.7. The van der Waals surface area contributed by atoms with Crippen LogP contribution in [0.25, 0.3) is 15.9 Å². The number of benzene rings is 1. The lowest BCUT2D eigenvalue weighted by molar-refractivity contribution is -0.116. The maximum Gasteiger partial charge on any atom is 0.292 e. The van der Waals surface area contributed by atoms with Crippen molar-refractivity contribution in [2.45, 2.75) is 13.8 Å². The Bertz CT molecular complexity index is 894. The number of aryl methyl sites for hydroxylation is 1. The van der Waals surface area contributed by atoms with Crippen LogP contribution in [0, 0.1) is 13.8 Å². The first-order valence-electron chi connectivity index (χ1n) is 6.70. The lowest BCUT2D eigenvalue weighted by atomic mass is 10.1. The van der Waals surface area contributed by atoms with Crippen LogP contribution in [0.2, 0.25) is 0 Å². The minimum Gasteiger partial charge on any atom is -0.352 e. The van der Waals surface area contributed by atoms with Gasteiger partial charge >= 0.3 is 0 Å². The Labute approximate surface area is 130 Å². The van der Waals surface area contributed by atoms with E-state index in [0.29, 0.717) is 5.56 Å². The summed E-state index contributed by atoms with van der Waals surface area (Å²) in [6.07, 6.45) is 0. The highest BCUT2D eigenvalue weighted by Gasteiger charge is 2.21. The van der Waals surface area contributed by atoms with Crippen LogP contribution >= 0.6 is 11.5 Å². The van der Waals surface area contributed by atoms with Gasteiger partial charge in [0.2, 0.25) is 0 Å². The van der Waals surface area contributed by atoms with Gasteiger partial charge in [0, 0.05) is 29.7 Å². The second-order valence-electron chi connectivity index (χ2n) is 4.95. The largest absolute Gasteiger partial charge is 0.352 e. The third-order valence-corrected chi connectivity index (χ3v) is 4.30. The molecule has 22 heavy (non-hydrogen) atoms. The van der Waals surface area contributed by atoms with Crippen molar-refractivity contribution in [1.82, 2.24) is 19.5 Å². The number of ketones is 1. The van der Waals surface area contributed by atoms with Crippen LogP contribution in [-0.2, 0) is 4.79 Å². The minimum atomic E-state index is -0.612. The van der Waals surface area contributed by atoms with Crippen molar-refractivity contribution in [3.05, 3.63) is 41.2 Å². The summed E-state index contributed by atoms with van der Waals surface area (Å²) in [7, 11) is 1.45. The van der Waals surface area contributed by atoms with Gasteiger partial charge in [-0.2, -0.15) is 0 Å². The standard InChI is InChI=1S/C15H14N4O2S/c1-8-6-11(14(20)15(21)16-3)9(2)19(8)10-4-5-13-12(7-10)17-18-22-13/h4-7H,1-3H3,(H,16,21). The second kappa shape index (κ2) is 5.34. The fourth-order valence-electron chi connectivity index (χ4n) is 2.53. The van der Waals surface area contributed by atoms with Crippen molar-refractivity contribution in [2.24, 2.45) is 0 Å². The first-order valence-corrected chi connectivity index (χ1v) is 7.48. The highest BCUT2D eigenvalue weighted by atomic mass is 32.1. The molecule has 0 bridgehead atoms. The monoisotopic (exact) mass is 314 g/mol. The van der Waals surface area contributed by atoms with E-state index in [1.807, 2.05) is 36.6 Å². The van der Waals surface area contributed by atoms with Crippen molar-refractivity contribution in [3.63, 3.8) is 0 Å². The first-order chi connectivity index (χ1) is 10.5. The normalized spacial score (nSPS) is 10.9. The summed E-state index contributed by atoms with van der Waals surface area (Å²) < 4.78 is 6.87. The average molecular weight is 314 g/mol. The van der Waals surface area contributed by atoms with Crippen LogP contribution in [0.15, 0.2) is 24.3 Å². The zero-order chi connectivity index (χ0) is 15.9. The van der Waals surface area contributed by atoms with Gasteiger partial charge in [0.1, 0.15) is 5.52 Å². The highest BCUT2D eigenvalue weighted by molar-refractivity contribution is 7.12. The minimum absolute atomic E-state index is 0.411. The SMILES string of the molecule is CNC(=O)C(=O)c1cc(C)n(-c2ccc3snnc3c2)c1C. The number of hydrogen-bond acceptors (Lipinski definition) is 5. The number of fused-ring (bicyclic) bond motifs is 1. The molecule has 0 radical (unpaired) electrons. The number of aromatic nitrogens is 3. The summed E-state index contributed by atoms with van der Waals surface area (Å²) in [6.45, 7) is 3.73. The van der Waals surface area contributed by atoms with E-state index in [0.717, 1.165) is 27.3 Å². The van der Waals surface area contributed by atoms with Gasteiger partial charge in [0.25, 0.3) is 11.7 Å². The summed E-state index contributed by atoms with van der Waals surface area (Å²) in [5.41, 5.74) is 3.73. The zero-order valence-electron chi connectivity index (χ0n) is 12.4. The molecule has 2 aromatic heterocycles. The molecule has 1 N–H and O–H groups in total. The summed E-state index contributed by atoms with van der Waals surface area (Å²) in [6, 6.07) is 7.56. The van der Waals surface area contributed by atoms with Gasteiger partial charge in [-0.1, -0.05) is 4.49 Å². The van der Waals surface area contributed by atoms with Crippen LogP contribution in [0.4, 0.5) is 0 Å². The van der Waals surface area contributed by atoms with E-state index < -0.39 is 11.7 Å². The summed E-state index contributed by atoms with van der Waals surface area (Å²) in [5, 5.41) is 6.44. The molecule has 3 aromatic rings. The summed E-state index contributed by atoms with van der Waals surface area (Å²) >= 11 is 1.34. The fraction of sp³-hybridized carbons (Fsp3) is 0.200. The van der Waals surface area contributed by atoms with Crippen molar-refractivity contribution >= 4 is 33.4 Å². The molecule has 112 valence electrons. The molecule has 3 rings (SSSR count). The highest BCUT2D eigenvalue weighted by Crippen LogP contribution is 2.24. The molecule has 2 heterocycles. The van der Waals surface area contributed by atoms with E-state index in [4.69, 9.17) is 0 Å². The van der Waals surface area contributed by atoms with Gasteiger partial charge in [-0.25, -0.2) is 0 Å². The third kappa shape index (κ3) is 2.19. The van der Waals surface area contributed by atoms with E-state index in [1.54, 1.807) is 6.07 Å². The predicted octanol–water partition coefficient (Wildman–Crippen LogP) is 2.03. The van der Waals surface area contributed by atoms with Crippen molar-refractivity contribution in [1.29, 1.82) is 0 Å². The van der Waals surface area contributed by atoms with Gasteiger partial charge in [-0.3, -0.25) is 9.59 Å². The smallest absolute Gasteiger partial charge is 0.292 e. The predicted molar refractivity (Wildman–Crippen MR) is 84.6 cm³/mol. The van der Waals surface area contributed by atoms with E-state index in [-0.39, 0.29) is 0 Å². The van der Waals surface area contributed by atoms with Gasteiger partial charge in [0.15, 0.2) is 0 Å². The number of rotatable bonds is 3. The molecule has 1 aromatic carbocycles. The van der Waals surface area contributed by atoms with E-state index in [2.05, 4.69) is 14.9 Å². The molecule has 1 amide bonds. The van der Waals surface area contributed by atoms with E-state index in [1.165, 1.54) is 18.6 Å². The topological polar surface area (TPSA) is 76.9 Å². The maximum absolute atomic E-state index is 12.1. The Kier molecular flexibility index (Phi) is 3.50. The van der Waals surface area contributed by atoms with Gasteiger partial charge < -0.3 is 9.88 Å². The number of amides is 1. The molecule has 0 saturated carbocycles. The van der Waals surface area contributed by atoms with E-state index >= 15 is 0 Å². The van der Waals surface area contributed by atoms with Crippen LogP contribution in [0.1, 0.15) is 21.7 Å². The number of hydrogen-bond donors (Lipinski definition) is 1. The zero-order valence-corrected chi connectivity index (χ0v) is 13.2. The Balaban J connectivity index is 2.13. The van der Waals surface area contributed by atoms with Gasteiger partial charge in [-0.05, 0) is 49.6 Å². The molecule has 0 spiro atoms. The number of nitrogens with one attached hydrogen (secondary N) is 1. The molecule has 0 aliphatic rings. The van der Waals surface area contributed by atoms with Crippen molar-refractivity contribution < 1.29 is 9.59 Å². The first kappa shape index (κ1) is 14.4.